The molecule has 1 amide bonds. The Balaban J connectivity index is 2.35. The number of carbonyl (C=O) groups is 2. The Morgan fingerprint density at radius 2 is 2.11 bits per heavy atom. The van der Waals surface area contributed by atoms with Crippen molar-refractivity contribution in [3.63, 3.8) is 0 Å². The summed E-state index contributed by atoms with van der Waals surface area (Å²) < 4.78 is 9.66. The van der Waals surface area contributed by atoms with Crippen LogP contribution in [-0.2, 0) is 9.53 Å². The molecule has 0 aliphatic rings. The number of rotatable bonds is 4. The average molecular weight is 272 g/mol. The molecule has 0 aromatic heterocycles. The van der Waals surface area contributed by atoms with Gasteiger partial charge in [-0.1, -0.05) is 11.6 Å². The second-order valence-electron chi connectivity index (χ2n) is 3.57. The fraction of sp³-hybridized carbons (Fsp3) is 0.333. The molecule has 0 saturated carbocycles. The predicted octanol–water partition coefficient (Wildman–Crippen LogP) is 2.30. The van der Waals surface area contributed by atoms with Crippen molar-refractivity contribution in [2.45, 2.75) is 13.8 Å². The number of nitrogens with one attached hydrogen (secondary N) is 1. The number of carbonyl (C=O) groups excluding carboxylic acids is 2. The zero-order valence-corrected chi connectivity index (χ0v) is 10.9. The lowest BCUT2D eigenvalue weighted by atomic mass is 10.2. The molecule has 98 valence electrons. The minimum absolute atomic E-state index is 0.115. The molecule has 0 atom stereocenters. The molecule has 6 heteroatoms. The standard InChI is InChI=1S/C12H14ClNO4/c1-8-7-10(3-4-11(8)13)18-12(16)14-5-6-17-9(2)15/h3-4,7H,5-6H2,1-2H3,(H,14,16). The molecule has 1 aromatic carbocycles. The Kier molecular flexibility index (Phi) is 5.45. The summed E-state index contributed by atoms with van der Waals surface area (Å²) in [5.41, 5.74) is 0.821. The maximum atomic E-state index is 11.3. The van der Waals surface area contributed by atoms with Gasteiger partial charge in [-0.15, -0.1) is 0 Å². The minimum Gasteiger partial charge on any atom is -0.464 e. The van der Waals surface area contributed by atoms with E-state index < -0.39 is 12.1 Å². The third-order valence-electron chi connectivity index (χ3n) is 2.02. The summed E-state index contributed by atoms with van der Waals surface area (Å²) in [4.78, 5) is 21.8. The third-order valence-corrected chi connectivity index (χ3v) is 2.44. The molecular weight excluding hydrogens is 258 g/mol. The van der Waals surface area contributed by atoms with Crippen molar-refractivity contribution in [1.82, 2.24) is 5.32 Å². The lowest BCUT2D eigenvalue weighted by Crippen LogP contribution is -2.30. The molecule has 0 unspecified atom stereocenters. The molecule has 1 aromatic rings. The Bertz CT molecular complexity index is 448. The number of hydrogen-bond acceptors (Lipinski definition) is 4. The number of benzene rings is 1. The van der Waals surface area contributed by atoms with Crippen molar-refractivity contribution < 1.29 is 19.1 Å². The van der Waals surface area contributed by atoms with Crippen LogP contribution in [0.25, 0.3) is 0 Å². The van der Waals surface area contributed by atoms with Crippen LogP contribution in [0.3, 0.4) is 0 Å². The third kappa shape index (κ3) is 5.05. The molecule has 0 fully saturated rings. The quantitative estimate of drug-likeness (QED) is 0.674. The minimum atomic E-state index is -0.608. The molecule has 0 bridgehead atoms. The largest absolute Gasteiger partial charge is 0.464 e. The Morgan fingerprint density at radius 3 is 2.72 bits per heavy atom. The zero-order chi connectivity index (χ0) is 13.5. The van der Waals surface area contributed by atoms with Gasteiger partial charge in [0.2, 0.25) is 0 Å². The Labute approximate surface area is 110 Å². The van der Waals surface area contributed by atoms with Gasteiger partial charge in [0.1, 0.15) is 12.4 Å². The summed E-state index contributed by atoms with van der Waals surface area (Å²) in [7, 11) is 0. The summed E-state index contributed by atoms with van der Waals surface area (Å²) in [6, 6.07) is 4.91. The van der Waals surface area contributed by atoms with Gasteiger partial charge in [0.15, 0.2) is 0 Å². The second-order valence-corrected chi connectivity index (χ2v) is 3.97. The van der Waals surface area contributed by atoms with Gasteiger partial charge in [-0.3, -0.25) is 4.79 Å². The molecule has 0 aliphatic carbocycles. The first-order valence-corrected chi connectivity index (χ1v) is 5.72. The summed E-state index contributed by atoms with van der Waals surface area (Å²) in [6.07, 6.45) is -0.608. The maximum Gasteiger partial charge on any atom is 0.412 e. The topological polar surface area (TPSA) is 64.6 Å². The first-order chi connectivity index (χ1) is 8.49. The lowest BCUT2D eigenvalue weighted by molar-refractivity contribution is -0.140. The Hall–Kier alpha value is -1.75. The van der Waals surface area contributed by atoms with Crippen LogP contribution in [0.5, 0.6) is 5.75 Å². The van der Waals surface area contributed by atoms with Gasteiger partial charge in [0.25, 0.3) is 0 Å². The number of amides is 1. The summed E-state index contributed by atoms with van der Waals surface area (Å²) in [5.74, 6) is 0.0142. The second kappa shape index (κ2) is 6.86. The normalized spacial score (nSPS) is 9.72. The van der Waals surface area contributed by atoms with Gasteiger partial charge in [-0.25, -0.2) is 4.79 Å². The van der Waals surface area contributed by atoms with E-state index in [9.17, 15) is 9.59 Å². The summed E-state index contributed by atoms with van der Waals surface area (Å²) in [6.45, 7) is 3.43. The first-order valence-electron chi connectivity index (χ1n) is 5.34. The highest BCUT2D eigenvalue weighted by atomic mass is 35.5. The van der Waals surface area contributed by atoms with Crippen molar-refractivity contribution >= 4 is 23.7 Å². The SMILES string of the molecule is CC(=O)OCCNC(=O)Oc1ccc(Cl)c(C)c1. The van der Waals surface area contributed by atoms with Crippen molar-refractivity contribution in [2.75, 3.05) is 13.2 Å². The number of aryl methyl sites for hydroxylation is 1. The smallest absolute Gasteiger partial charge is 0.412 e. The number of ether oxygens (including phenoxy) is 2. The number of hydrogen-bond donors (Lipinski definition) is 1. The van der Waals surface area contributed by atoms with Crippen LogP contribution in [-0.4, -0.2) is 25.2 Å². The van der Waals surface area contributed by atoms with E-state index in [1.807, 2.05) is 6.92 Å². The van der Waals surface area contributed by atoms with Crippen LogP contribution in [0.2, 0.25) is 5.02 Å². The maximum absolute atomic E-state index is 11.3. The molecule has 1 rings (SSSR count). The van der Waals surface area contributed by atoms with Gasteiger partial charge in [0.05, 0.1) is 6.54 Å². The predicted molar refractivity (Wildman–Crippen MR) is 66.8 cm³/mol. The monoisotopic (exact) mass is 271 g/mol. The first kappa shape index (κ1) is 14.3. The van der Waals surface area contributed by atoms with E-state index in [4.69, 9.17) is 16.3 Å². The van der Waals surface area contributed by atoms with Gasteiger partial charge in [-0.2, -0.15) is 0 Å². The molecule has 18 heavy (non-hydrogen) atoms. The van der Waals surface area contributed by atoms with E-state index in [0.29, 0.717) is 10.8 Å². The van der Waals surface area contributed by atoms with Crippen LogP contribution < -0.4 is 10.1 Å². The van der Waals surface area contributed by atoms with E-state index in [2.05, 4.69) is 10.1 Å². The fourth-order valence-electron chi connectivity index (χ4n) is 1.17. The van der Waals surface area contributed by atoms with Gasteiger partial charge in [0, 0.05) is 11.9 Å². The fourth-order valence-corrected chi connectivity index (χ4v) is 1.29. The van der Waals surface area contributed by atoms with Gasteiger partial charge < -0.3 is 14.8 Å². The highest BCUT2D eigenvalue weighted by Gasteiger charge is 2.05. The summed E-state index contributed by atoms with van der Waals surface area (Å²) in [5, 5.41) is 3.06. The molecule has 0 aliphatic heterocycles. The number of halogens is 1. The van der Waals surface area contributed by atoms with Crippen LogP contribution in [0.1, 0.15) is 12.5 Å². The molecule has 0 saturated heterocycles. The molecular formula is C12H14ClNO4. The molecule has 0 radical (unpaired) electrons. The van der Waals surface area contributed by atoms with E-state index in [1.165, 1.54) is 6.92 Å². The van der Waals surface area contributed by atoms with Crippen LogP contribution in [0.4, 0.5) is 4.79 Å². The van der Waals surface area contributed by atoms with Gasteiger partial charge in [-0.05, 0) is 30.7 Å². The molecule has 5 nitrogen and oxygen atoms in total. The van der Waals surface area contributed by atoms with Crippen molar-refractivity contribution in [3.8, 4) is 5.75 Å². The van der Waals surface area contributed by atoms with E-state index in [0.717, 1.165) is 5.56 Å². The highest BCUT2D eigenvalue weighted by Crippen LogP contribution is 2.20. The number of esters is 1. The van der Waals surface area contributed by atoms with Crippen molar-refractivity contribution in [2.24, 2.45) is 0 Å². The van der Waals surface area contributed by atoms with E-state index in [-0.39, 0.29) is 13.2 Å². The van der Waals surface area contributed by atoms with Crippen LogP contribution in [0, 0.1) is 6.92 Å². The van der Waals surface area contributed by atoms with E-state index >= 15 is 0 Å². The van der Waals surface area contributed by atoms with E-state index in [1.54, 1.807) is 18.2 Å². The highest BCUT2D eigenvalue weighted by molar-refractivity contribution is 6.31. The van der Waals surface area contributed by atoms with Crippen LogP contribution in [0.15, 0.2) is 18.2 Å². The lowest BCUT2D eigenvalue weighted by Gasteiger charge is -2.07. The summed E-state index contributed by atoms with van der Waals surface area (Å²) >= 11 is 5.84. The van der Waals surface area contributed by atoms with Crippen molar-refractivity contribution in [1.29, 1.82) is 0 Å². The average Bonchev–Trinajstić information content (AvgIpc) is 2.29. The Morgan fingerprint density at radius 1 is 1.39 bits per heavy atom. The van der Waals surface area contributed by atoms with Gasteiger partial charge >= 0.3 is 12.1 Å². The zero-order valence-electron chi connectivity index (χ0n) is 10.2. The molecule has 1 N–H and O–H groups in total. The van der Waals surface area contributed by atoms with Crippen LogP contribution >= 0.6 is 11.6 Å². The molecule has 0 spiro atoms. The molecule has 0 heterocycles. The van der Waals surface area contributed by atoms with Crippen molar-refractivity contribution in [3.05, 3.63) is 28.8 Å².